The van der Waals surface area contributed by atoms with E-state index >= 15 is 0 Å². The van der Waals surface area contributed by atoms with Gasteiger partial charge in [0, 0.05) is 16.1 Å². The van der Waals surface area contributed by atoms with E-state index in [2.05, 4.69) is 21.2 Å². The third kappa shape index (κ3) is 5.70. The molecular weight excluding hydrogens is 310 g/mol. The van der Waals surface area contributed by atoms with Gasteiger partial charge in [-0.05, 0) is 31.6 Å². The standard InChI is InChI=1S/C14H16BrNO3/c1-14(2,9-13(18)19)16-12(17)8-7-10-5-3-4-6-11(10)15/h3-8H,9H2,1-2H3,(H,16,17)(H,18,19). The van der Waals surface area contributed by atoms with Crippen molar-refractivity contribution in [3.05, 3.63) is 40.4 Å². The highest BCUT2D eigenvalue weighted by Crippen LogP contribution is 2.17. The first kappa shape index (κ1) is 15.4. The van der Waals surface area contributed by atoms with Crippen molar-refractivity contribution < 1.29 is 14.7 Å². The molecule has 5 heteroatoms. The van der Waals surface area contributed by atoms with E-state index < -0.39 is 11.5 Å². The first-order valence-electron chi connectivity index (χ1n) is 5.77. The fourth-order valence-electron chi connectivity index (χ4n) is 1.57. The summed E-state index contributed by atoms with van der Waals surface area (Å²) in [6, 6.07) is 7.51. The van der Waals surface area contributed by atoms with Crippen molar-refractivity contribution in [1.29, 1.82) is 0 Å². The highest BCUT2D eigenvalue weighted by molar-refractivity contribution is 9.10. The van der Waals surface area contributed by atoms with Crippen LogP contribution in [-0.2, 0) is 9.59 Å². The molecule has 19 heavy (non-hydrogen) atoms. The van der Waals surface area contributed by atoms with E-state index in [0.29, 0.717) is 0 Å². The van der Waals surface area contributed by atoms with Crippen molar-refractivity contribution in [3.8, 4) is 0 Å². The predicted molar refractivity (Wildman–Crippen MR) is 77.7 cm³/mol. The number of carbonyl (C=O) groups is 2. The molecule has 0 aromatic heterocycles. The molecule has 1 aromatic rings. The monoisotopic (exact) mass is 325 g/mol. The molecule has 1 aromatic carbocycles. The van der Waals surface area contributed by atoms with Gasteiger partial charge in [0.15, 0.2) is 0 Å². The molecule has 0 saturated heterocycles. The average Bonchev–Trinajstić information content (AvgIpc) is 2.25. The second kappa shape index (κ2) is 6.52. The summed E-state index contributed by atoms with van der Waals surface area (Å²) in [5, 5.41) is 11.4. The van der Waals surface area contributed by atoms with Crippen LogP contribution in [0.2, 0.25) is 0 Å². The molecule has 0 saturated carbocycles. The number of benzene rings is 1. The van der Waals surface area contributed by atoms with Crippen LogP contribution in [-0.4, -0.2) is 22.5 Å². The SMILES string of the molecule is CC(C)(CC(=O)O)NC(=O)C=Cc1ccccc1Br. The van der Waals surface area contributed by atoms with Gasteiger partial charge in [-0.25, -0.2) is 0 Å². The second-order valence-electron chi connectivity index (χ2n) is 4.80. The molecule has 0 bridgehead atoms. The average molecular weight is 326 g/mol. The molecule has 0 aliphatic heterocycles. The molecule has 1 amide bonds. The van der Waals surface area contributed by atoms with E-state index in [1.165, 1.54) is 6.08 Å². The largest absolute Gasteiger partial charge is 0.481 e. The molecule has 4 nitrogen and oxygen atoms in total. The molecule has 1 rings (SSSR count). The minimum Gasteiger partial charge on any atom is -0.481 e. The van der Waals surface area contributed by atoms with Crippen LogP contribution in [0.4, 0.5) is 0 Å². The van der Waals surface area contributed by atoms with Crippen LogP contribution in [0.1, 0.15) is 25.8 Å². The van der Waals surface area contributed by atoms with Crippen molar-refractivity contribution >= 4 is 33.9 Å². The lowest BCUT2D eigenvalue weighted by atomic mass is 10.0. The third-order valence-electron chi connectivity index (χ3n) is 2.37. The van der Waals surface area contributed by atoms with Crippen LogP contribution in [0.15, 0.2) is 34.8 Å². The molecule has 2 N–H and O–H groups in total. The quantitative estimate of drug-likeness (QED) is 0.818. The van der Waals surface area contributed by atoms with Crippen molar-refractivity contribution in [2.24, 2.45) is 0 Å². The Morgan fingerprint density at radius 2 is 2.00 bits per heavy atom. The van der Waals surface area contributed by atoms with Crippen LogP contribution >= 0.6 is 15.9 Å². The lowest BCUT2D eigenvalue weighted by molar-refractivity contribution is -0.138. The van der Waals surface area contributed by atoms with E-state index in [1.54, 1.807) is 19.9 Å². The van der Waals surface area contributed by atoms with Gasteiger partial charge in [-0.3, -0.25) is 9.59 Å². The van der Waals surface area contributed by atoms with Crippen molar-refractivity contribution in [2.45, 2.75) is 25.8 Å². The molecule has 0 radical (unpaired) electrons. The normalized spacial score (nSPS) is 11.5. The number of carbonyl (C=O) groups excluding carboxylic acids is 1. The number of carboxylic acid groups (broad SMARTS) is 1. The number of aliphatic carboxylic acids is 1. The number of halogens is 1. The first-order valence-corrected chi connectivity index (χ1v) is 6.56. The summed E-state index contributed by atoms with van der Waals surface area (Å²) in [5.74, 6) is -1.26. The zero-order valence-electron chi connectivity index (χ0n) is 10.8. The van der Waals surface area contributed by atoms with E-state index in [0.717, 1.165) is 10.0 Å². The van der Waals surface area contributed by atoms with Gasteiger partial charge in [-0.15, -0.1) is 0 Å². The Hall–Kier alpha value is -1.62. The molecule has 0 fully saturated rings. The lowest BCUT2D eigenvalue weighted by Gasteiger charge is -2.23. The Morgan fingerprint density at radius 3 is 2.58 bits per heavy atom. The van der Waals surface area contributed by atoms with Crippen molar-refractivity contribution in [2.75, 3.05) is 0 Å². The Kier molecular flexibility index (Phi) is 5.30. The van der Waals surface area contributed by atoms with Gasteiger partial charge < -0.3 is 10.4 Å². The van der Waals surface area contributed by atoms with Crippen LogP contribution in [0.25, 0.3) is 6.08 Å². The predicted octanol–water partition coefficient (Wildman–Crippen LogP) is 2.83. The van der Waals surface area contributed by atoms with Crippen LogP contribution in [0.3, 0.4) is 0 Å². The second-order valence-corrected chi connectivity index (χ2v) is 5.65. The fourth-order valence-corrected chi connectivity index (χ4v) is 1.99. The van der Waals surface area contributed by atoms with Crippen LogP contribution < -0.4 is 5.32 Å². The Labute approximate surface area is 120 Å². The number of amides is 1. The molecule has 0 atom stereocenters. The molecule has 0 aliphatic carbocycles. The third-order valence-corrected chi connectivity index (χ3v) is 3.10. The summed E-state index contributed by atoms with van der Waals surface area (Å²) in [5.41, 5.74) is 0.106. The highest BCUT2D eigenvalue weighted by atomic mass is 79.9. The smallest absolute Gasteiger partial charge is 0.305 e. The number of hydrogen-bond acceptors (Lipinski definition) is 2. The van der Waals surface area contributed by atoms with Crippen molar-refractivity contribution in [3.63, 3.8) is 0 Å². The molecule has 0 unspecified atom stereocenters. The van der Waals surface area contributed by atoms with Crippen molar-refractivity contribution in [1.82, 2.24) is 5.32 Å². The minimum atomic E-state index is -0.944. The van der Waals surface area contributed by atoms with Crippen LogP contribution in [0.5, 0.6) is 0 Å². The Balaban J connectivity index is 2.66. The zero-order valence-corrected chi connectivity index (χ0v) is 12.4. The van der Waals surface area contributed by atoms with E-state index in [1.807, 2.05) is 24.3 Å². The minimum absolute atomic E-state index is 0.123. The Bertz CT molecular complexity index is 509. The first-order chi connectivity index (χ1) is 8.80. The Morgan fingerprint density at radius 1 is 1.37 bits per heavy atom. The maximum Gasteiger partial charge on any atom is 0.305 e. The van der Waals surface area contributed by atoms with Gasteiger partial charge in [-0.2, -0.15) is 0 Å². The highest BCUT2D eigenvalue weighted by Gasteiger charge is 2.22. The van der Waals surface area contributed by atoms with Crippen LogP contribution in [0, 0.1) is 0 Å². The van der Waals surface area contributed by atoms with E-state index in [9.17, 15) is 9.59 Å². The maximum absolute atomic E-state index is 11.7. The fraction of sp³-hybridized carbons (Fsp3) is 0.286. The summed E-state index contributed by atoms with van der Waals surface area (Å²) >= 11 is 3.38. The lowest BCUT2D eigenvalue weighted by Crippen LogP contribution is -2.44. The number of rotatable bonds is 5. The topological polar surface area (TPSA) is 66.4 Å². The summed E-state index contributed by atoms with van der Waals surface area (Å²) < 4.78 is 0.892. The molecule has 0 spiro atoms. The van der Waals surface area contributed by atoms with E-state index in [4.69, 9.17) is 5.11 Å². The number of nitrogens with one attached hydrogen (secondary N) is 1. The van der Waals surface area contributed by atoms with Gasteiger partial charge in [0.2, 0.25) is 5.91 Å². The van der Waals surface area contributed by atoms with Gasteiger partial charge in [0.25, 0.3) is 0 Å². The number of carboxylic acids is 1. The number of hydrogen-bond donors (Lipinski definition) is 2. The molecule has 102 valence electrons. The van der Waals surface area contributed by atoms with Gasteiger partial charge in [0.1, 0.15) is 0 Å². The summed E-state index contributed by atoms with van der Waals surface area (Å²) in [6.45, 7) is 3.34. The van der Waals surface area contributed by atoms with E-state index in [-0.39, 0.29) is 12.3 Å². The maximum atomic E-state index is 11.7. The van der Waals surface area contributed by atoms with Gasteiger partial charge in [0.05, 0.1) is 6.42 Å². The summed E-state index contributed by atoms with van der Waals surface area (Å²) in [6.07, 6.45) is 2.95. The molecule has 0 aliphatic rings. The summed E-state index contributed by atoms with van der Waals surface area (Å²) in [7, 11) is 0. The van der Waals surface area contributed by atoms with Gasteiger partial charge >= 0.3 is 5.97 Å². The van der Waals surface area contributed by atoms with Gasteiger partial charge in [-0.1, -0.05) is 34.1 Å². The summed E-state index contributed by atoms with van der Waals surface area (Å²) in [4.78, 5) is 22.4. The zero-order chi connectivity index (χ0) is 14.5. The molecule has 0 heterocycles. The molecular formula is C14H16BrNO3.